The molecular formula is C19H31O3S-. The molecule has 1 aromatic carbocycles. The fraction of sp³-hybridized carbons (Fsp3) is 0.684. The molecule has 0 saturated heterocycles. The first-order valence-corrected chi connectivity index (χ1v) is 10.6. The number of benzene rings is 1. The van der Waals surface area contributed by atoms with Crippen LogP contribution in [0.25, 0.3) is 0 Å². The van der Waals surface area contributed by atoms with Crippen LogP contribution in [0, 0.1) is 0 Å². The SMILES string of the molecule is CCCCCCCCCC(CCCS(=O)(=O)[O-])c1ccccc1. The van der Waals surface area contributed by atoms with Crippen LogP contribution < -0.4 is 0 Å². The smallest absolute Gasteiger partial charge is 0.0945 e. The molecule has 1 atom stereocenters. The van der Waals surface area contributed by atoms with Crippen molar-refractivity contribution in [3.05, 3.63) is 35.9 Å². The minimum absolute atomic E-state index is 0.243. The monoisotopic (exact) mass is 339 g/mol. The van der Waals surface area contributed by atoms with Crippen molar-refractivity contribution in [1.29, 1.82) is 0 Å². The van der Waals surface area contributed by atoms with Crippen molar-refractivity contribution in [3.63, 3.8) is 0 Å². The minimum atomic E-state index is -4.09. The number of unbranched alkanes of at least 4 members (excludes halogenated alkanes) is 6. The van der Waals surface area contributed by atoms with Gasteiger partial charge in [-0.15, -0.1) is 0 Å². The summed E-state index contributed by atoms with van der Waals surface area (Å²) in [4.78, 5) is 0. The average Bonchev–Trinajstić information content (AvgIpc) is 2.52. The van der Waals surface area contributed by atoms with E-state index in [0.717, 1.165) is 12.8 Å². The highest BCUT2D eigenvalue weighted by atomic mass is 32.2. The summed E-state index contributed by atoms with van der Waals surface area (Å²) in [5.74, 6) is 0.126. The number of rotatable bonds is 13. The second-order valence-electron chi connectivity index (χ2n) is 6.42. The first-order chi connectivity index (χ1) is 11.0. The first kappa shape index (κ1) is 20.2. The molecule has 0 saturated carbocycles. The lowest BCUT2D eigenvalue weighted by Gasteiger charge is -2.18. The second-order valence-corrected chi connectivity index (χ2v) is 7.95. The summed E-state index contributed by atoms with van der Waals surface area (Å²) in [6, 6.07) is 10.3. The quantitative estimate of drug-likeness (QED) is 0.365. The summed E-state index contributed by atoms with van der Waals surface area (Å²) >= 11 is 0. The fourth-order valence-electron chi connectivity index (χ4n) is 3.06. The van der Waals surface area contributed by atoms with Crippen LogP contribution in [0.4, 0.5) is 0 Å². The van der Waals surface area contributed by atoms with Gasteiger partial charge < -0.3 is 4.55 Å². The Labute approximate surface area is 142 Å². The van der Waals surface area contributed by atoms with Crippen LogP contribution in [0.15, 0.2) is 30.3 Å². The summed E-state index contributed by atoms with van der Waals surface area (Å²) in [5, 5.41) is 0. The molecule has 1 unspecified atom stereocenters. The zero-order valence-electron chi connectivity index (χ0n) is 14.4. The van der Waals surface area contributed by atoms with Crippen molar-refractivity contribution >= 4 is 10.1 Å². The molecule has 0 aliphatic carbocycles. The highest BCUT2D eigenvalue weighted by molar-refractivity contribution is 7.85. The maximum absolute atomic E-state index is 10.8. The third-order valence-corrected chi connectivity index (χ3v) is 5.16. The zero-order chi connectivity index (χ0) is 17.0. The summed E-state index contributed by atoms with van der Waals surface area (Å²) < 4.78 is 32.3. The third-order valence-electron chi connectivity index (χ3n) is 4.37. The highest BCUT2D eigenvalue weighted by Gasteiger charge is 2.11. The van der Waals surface area contributed by atoms with Crippen LogP contribution in [0.3, 0.4) is 0 Å². The van der Waals surface area contributed by atoms with Crippen molar-refractivity contribution in [2.45, 2.75) is 77.0 Å². The van der Waals surface area contributed by atoms with Gasteiger partial charge in [-0.05, 0) is 30.7 Å². The number of hydrogen-bond acceptors (Lipinski definition) is 3. The fourth-order valence-corrected chi connectivity index (χ4v) is 3.58. The summed E-state index contributed by atoms with van der Waals surface area (Å²) in [5.41, 5.74) is 1.27. The molecular weight excluding hydrogens is 308 g/mol. The van der Waals surface area contributed by atoms with E-state index >= 15 is 0 Å². The minimum Gasteiger partial charge on any atom is -0.748 e. The molecule has 1 aromatic rings. The van der Waals surface area contributed by atoms with Crippen molar-refractivity contribution in [1.82, 2.24) is 0 Å². The van der Waals surface area contributed by atoms with E-state index in [-0.39, 0.29) is 5.75 Å². The Morgan fingerprint density at radius 1 is 0.870 bits per heavy atom. The van der Waals surface area contributed by atoms with E-state index < -0.39 is 10.1 Å². The Hall–Kier alpha value is -0.870. The largest absolute Gasteiger partial charge is 0.748 e. The van der Waals surface area contributed by atoms with Gasteiger partial charge in [0.15, 0.2) is 0 Å². The molecule has 0 aliphatic heterocycles. The maximum atomic E-state index is 10.8. The zero-order valence-corrected chi connectivity index (χ0v) is 15.2. The van der Waals surface area contributed by atoms with E-state index in [4.69, 9.17) is 0 Å². The van der Waals surface area contributed by atoms with Gasteiger partial charge in [-0.25, -0.2) is 8.42 Å². The molecule has 0 amide bonds. The predicted molar refractivity (Wildman–Crippen MR) is 95.6 cm³/mol. The van der Waals surface area contributed by atoms with Gasteiger partial charge in [-0.2, -0.15) is 0 Å². The van der Waals surface area contributed by atoms with Crippen molar-refractivity contribution in [3.8, 4) is 0 Å². The van der Waals surface area contributed by atoms with Crippen LogP contribution in [0.5, 0.6) is 0 Å². The van der Waals surface area contributed by atoms with Crippen LogP contribution in [0.2, 0.25) is 0 Å². The van der Waals surface area contributed by atoms with Gasteiger partial charge in [0, 0.05) is 5.75 Å². The standard InChI is InChI=1S/C19H32O3S/c1-2-3-4-5-6-7-9-13-19(16-12-17-23(20,21)22)18-14-10-8-11-15-18/h8,10-11,14-15,19H,2-7,9,12-13,16-17H2,1H3,(H,20,21,22)/p-1. The normalized spacial score (nSPS) is 13.1. The first-order valence-electron chi connectivity index (χ1n) is 9.01. The van der Waals surface area contributed by atoms with E-state index in [0.29, 0.717) is 12.3 Å². The van der Waals surface area contributed by atoms with Crippen molar-refractivity contribution in [2.24, 2.45) is 0 Å². The van der Waals surface area contributed by atoms with Gasteiger partial charge in [0.2, 0.25) is 0 Å². The molecule has 23 heavy (non-hydrogen) atoms. The molecule has 0 aromatic heterocycles. The third kappa shape index (κ3) is 10.5. The van der Waals surface area contributed by atoms with Crippen molar-refractivity contribution < 1.29 is 13.0 Å². The van der Waals surface area contributed by atoms with E-state index in [1.54, 1.807) is 0 Å². The lowest BCUT2D eigenvalue weighted by Crippen LogP contribution is -2.07. The summed E-state index contributed by atoms with van der Waals surface area (Å²) in [6.45, 7) is 2.23. The summed E-state index contributed by atoms with van der Waals surface area (Å²) in [6.07, 6.45) is 11.3. The van der Waals surface area contributed by atoms with Crippen LogP contribution in [-0.2, 0) is 10.1 Å². The molecule has 3 nitrogen and oxygen atoms in total. The lowest BCUT2D eigenvalue weighted by molar-refractivity contribution is 0.455. The van der Waals surface area contributed by atoms with E-state index in [1.807, 2.05) is 18.2 Å². The number of hydrogen-bond donors (Lipinski definition) is 0. The highest BCUT2D eigenvalue weighted by Crippen LogP contribution is 2.27. The maximum Gasteiger partial charge on any atom is 0.0945 e. The molecule has 0 bridgehead atoms. The molecule has 0 radical (unpaired) electrons. The molecule has 1 rings (SSSR count). The average molecular weight is 340 g/mol. The molecule has 4 heteroatoms. The van der Waals surface area contributed by atoms with Gasteiger partial charge in [0.05, 0.1) is 10.1 Å². The molecule has 0 spiro atoms. The predicted octanol–water partition coefficient (Wildman–Crippen LogP) is 5.24. The molecule has 0 N–H and O–H groups in total. The van der Waals surface area contributed by atoms with Gasteiger partial charge in [-0.1, -0.05) is 82.2 Å². The van der Waals surface area contributed by atoms with Gasteiger partial charge in [0.1, 0.15) is 0 Å². The lowest BCUT2D eigenvalue weighted by atomic mass is 9.89. The van der Waals surface area contributed by atoms with Crippen molar-refractivity contribution in [2.75, 3.05) is 5.75 Å². The van der Waals surface area contributed by atoms with Gasteiger partial charge >= 0.3 is 0 Å². The Kier molecular flexibility index (Phi) is 10.2. The Morgan fingerprint density at radius 3 is 2.04 bits per heavy atom. The Bertz CT molecular complexity index is 497. The Morgan fingerprint density at radius 2 is 1.43 bits per heavy atom. The van der Waals surface area contributed by atoms with Crippen LogP contribution >= 0.6 is 0 Å². The van der Waals surface area contributed by atoms with E-state index in [2.05, 4.69) is 19.1 Å². The van der Waals surface area contributed by atoms with E-state index in [9.17, 15) is 13.0 Å². The summed E-state index contributed by atoms with van der Waals surface area (Å²) in [7, 11) is -4.09. The van der Waals surface area contributed by atoms with E-state index in [1.165, 1.54) is 50.5 Å². The Balaban J connectivity index is 2.36. The molecule has 132 valence electrons. The van der Waals surface area contributed by atoms with Crippen LogP contribution in [-0.4, -0.2) is 18.7 Å². The topological polar surface area (TPSA) is 57.2 Å². The molecule has 0 aliphatic rings. The second kappa shape index (κ2) is 11.6. The van der Waals surface area contributed by atoms with Crippen LogP contribution in [0.1, 0.15) is 82.6 Å². The molecule has 0 fully saturated rings. The van der Waals surface area contributed by atoms with Gasteiger partial charge in [-0.3, -0.25) is 0 Å². The molecule has 0 heterocycles. The van der Waals surface area contributed by atoms with Gasteiger partial charge in [0.25, 0.3) is 0 Å².